The molecule has 0 spiro atoms. The third kappa shape index (κ3) is 3.57. The second-order valence-electron chi connectivity index (χ2n) is 6.06. The number of hydrogen-bond donors (Lipinski definition) is 1. The minimum atomic E-state index is -0.331. The highest BCUT2D eigenvalue weighted by Crippen LogP contribution is 2.42. The Morgan fingerprint density at radius 3 is 2.75 bits per heavy atom. The molecule has 3 unspecified atom stereocenters. The van der Waals surface area contributed by atoms with E-state index in [1.807, 2.05) is 7.05 Å². The SMILES string of the molecule is CCCC1CCC(CNC)C(c2cc(F)ccc2F)C1. The Labute approximate surface area is 120 Å². The molecule has 1 aliphatic rings. The Hall–Kier alpha value is -0.960. The maximum Gasteiger partial charge on any atom is 0.126 e. The summed E-state index contributed by atoms with van der Waals surface area (Å²) in [4.78, 5) is 0. The number of halogens is 2. The monoisotopic (exact) mass is 281 g/mol. The van der Waals surface area contributed by atoms with Crippen molar-refractivity contribution in [3.8, 4) is 0 Å². The number of benzene rings is 1. The molecule has 1 fully saturated rings. The molecule has 0 bridgehead atoms. The third-order valence-corrected chi connectivity index (χ3v) is 4.62. The van der Waals surface area contributed by atoms with Crippen molar-refractivity contribution in [3.63, 3.8) is 0 Å². The van der Waals surface area contributed by atoms with Gasteiger partial charge in [-0.1, -0.05) is 26.2 Å². The smallest absolute Gasteiger partial charge is 0.126 e. The van der Waals surface area contributed by atoms with Gasteiger partial charge in [-0.15, -0.1) is 0 Å². The Kier molecular flexibility index (Phi) is 5.53. The van der Waals surface area contributed by atoms with Crippen molar-refractivity contribution in [2.45, 2.75) is 44.9 Å². The van der Waals surface area contributed by atoms with E-state index in [9.17, 15) is 8.78 Å². The van der Waals surface area contributed by atoms with Crippen molar-refractivity contribution in [1.82, 2.24) is 5.32 Å². The van der Waals surface area contributed by atoms with E-state index in [1.54, 1.807) is 0 Å². The standard InChI is InChI=1S/C17H25F2N/c1-3-4-12-5-6-13(11-20-2)15(9-12)16-10-14(18)7-8-17(16)19/h7-8,10,12-13,15,20H,3-6,9,11H2,1-2H3. The molecule has 0 heterocycles. The zero-order valence-corrected chi connectivity index (χ0v) is 12.5. The number of rotatable bonds is 5. The summed E-state index contributed by atoms with van der Waals surface area (Å²) < 4.78 is 27.6. The topological polar surface area (TPSA) is 12.0 Å². The molecule has 0 saturated heterocycles. The van der Waals surface area contributed by atoms with Crippen molar-refractivity contribution in [1.29, 1.82) is 0 Å². The van der Waals surface area contributed by atoms with E-state index in [2.05, 4.69) is 12.2 Å². The van der Waals surface area contributed by atoms with Gasteiger partial charge in [0.15, 0.2) is 0 Å². The molecule has 1 aromatic rings. The van der Waals surface area contributed by atoms with Crippen LogP contribution in [-0.2, 0) is 0 Å². The van der Waals surface area contributed by atoms with Gasteiger partial charge in [-0.05, 0) is 68.0 Å². The van der Waals surface area contributed by atoms with Gasteiger partial charge < -0.3 is 5.32 Å². The highest BCUT2D eigenvalue weighted by atomic mass is 19.1. The van der Waals surface area contributed by atoms with Crippen LogP contribution in [0.4, 0.5) is 8.78 Å². The highest BCUT2D eigenvalue weighted by Gasteiger charge is 2.32. The third-order valence-electron chi connectivity index (χ3n) is 4.62. The van der Waals surface area contributed by atoms with Crippen LogP contribution < -0.4 is 5.32 Å². The molecular weight excluding hydrogens is 256 g/mol. The summed E-state index contributed by atoms with van der Waals surface area (Å²) >= 11 is 0. The molecule has 1 nitrogen and oxygen atoms in total. The molecular formula is C17H25F2N. The molecule has 1 aliphatic carbocycles. The van der Waals surface area contributed by atoms with E-state index in [1.165, 1.54) is 37.5 Å². The van der Waals surface area contributed by atoms with E-state index in [4.69, 9.17) is 0 Å². The summed E-state index contributed by atoms with van der Waals surface area (Å²) in [6.45, 7) is 3.07. The fraction of sp³-hybridized carbons (Fsp3) is 0.647. The summed E-state index contributed by atoms with van der Waals surface area (Å²) in [6.07, 6.45) is 5.67. The fourth-order valence-electron chi connectivity index (χ4n) is 3.68. The van der Waals surface area contributed by atoms with Crippen molar-refractivity contribution in [2.75, 3.05) is 13.6 Å². The van der Waals surface area contributed by atoms with Gasteiger partial charge in [0.25, 0.3) is 0 Å². The van der Waals surface area contributed by atoms with Crippen molar-refractivity contribution >= 4 is 0 Å². The number of nitrogens with one attached hydrogen (secondary N) is 1. The summed E-state index contributed by atoms with van der Waals surface area (Å²) in [5.41, 5.74) is 0.575. The van der Waals surface area contributed by atoms with Gasteiger partial charge in [0.2, 0.25) is 0 Å². The first-order valence-electron chi connectivity index (χ1n) is 7.75. The minimum absolute atomic E-state index is 0.142. The van der Waals surface area contributed by atoms with Crippen LogP contribution in [0.25, 0.3) is 0 Å². The van der Waals surface area contributed by atoms with E-state index >= 15 is 0 Å². The second kappa shape index (κ2) is 7.16. The molecule has 0 amide bonds. The van der Waals surface area contributed by atoms with Gasteiger partial charge in [0, 0.05) is 0 Å². The minimum Gasteiger partial charge on any atom is -0.319 e. The summed E-state index contributed by atoms with van der Waals surface area (Å²) in [7, 11) is 1.93. The first-order chi connectivity index (χ1) is 9.65. The Morgan fingerprint density at radius 2 is 2.05 bits per heavy atom. The summed E-state index contributed by atoms with van der Waals surface area (Å²) in [5.74, 6) is 0.616. The van der Waals surface area contributed by atoms with Crippen LogP contribution in [0, 0.1) is 23.5 Å². The Morgan fingerprint density at radius 1 is 1.25 bits per heavy atom. The molecule has 0 aliphatic heterocycles. The van der Waals surface area contributed by atoms with Crippen LogP contribution >= 0.6 is 0 Å². The average Bonchev–Trinajstić information content (AvgIpc) is 2.44. The number of hydrogen-bond acceptors (Lipinski definition) is 1. The Balaban J connectivity index is 2.23. The molecule has 112 valence electrons. The summed E-state index contributed by atoms with van der Waals surface area (Å²) in [6, 6.07) is 3.87. The molecule has 1 aromatic carbocycles. The van der Waals surface area contributed by atoms with Crippen molar-refractivity contribution in [3.05, 3.63) is 35.4 Å². The van der Waals surface area contributed by atoms with Crippen molar-refractivity contribution in [2.24, 2.45) is 11.8 Å². The predicted octanol–water partition coefficient (Wildman–Crippen LogP) is 4.48. The van der Waals surface area contributed by atoms with E-state index in [0.717, 1.165) is 19.4 Å². The van der Waals surface area contributed by atoms with Gasteiger partial charge >= 0.3 is 0 Å². The lowest BCUT2D eigenvalue weighted by Gasteiger charge is -2.36. The highest BCUT2D eigenvalue weighted by molar-refractivity contribution is 5.24. The molecule has 1 N–H and O–H groups in total. The van der Waals surface area contributed by atoms with E-state index in [0.29, 0.717) is 17.4 Å². The lowest BCUT2D eigenvalue weighted by atomic mass is 9.70. The zero-order valence-electron chi connectivity index (χ0n) is 12.5. The normalized spacial score (nSPS) is 26.7. The molecule has 1 saturated carbocycles. The summed E-state index contributed by atoms with van der Waals surface area (Å²) in [5, 5.41) is 3.20. The zero-order chi connectivity index (χ0) is 14.5. The van der Waals surface area contributed by atoms with Gasteiger partial charge in [-0.3, -0.25) is 0 Å². The maximum atomic E-state index is 14.1. The van der Waals surface area contributed by atoms with Crippen LogP contribution in [0.5, 0.6) is 0 Å². The second-order valence-corrected chi connectivity index (χ2v) is 6.06. The van der Waals surface area contributed by atoms with Gasteiger partial charge in [0.1, 0.15) is 11.6 Å². The molecule has 0 aromatic heterocycles. The first-order valence-corrected chi connectivity index (χ1v) is 7.75. The van der Waals surface area contributed by atoms with Crippen LogP contribution in [0.1, 0.15) is 50.5 Å². The van der Waals surface area contributed by atoms with Crippen LogP contribution in [0.15, 0.2) is 18.2 Å². The van der Waals surface area contributed by atoms with Crippen LogP contribution in [0.2, 0.25) is 0 Å². The van der Waals surface area contributed by atoms with Gasteiger partial charge in [-0.25, -0.2) is 8.78 Å². The average molecular weight is 281 g/mol. The lowest BCUT2D eigenvalue weighted by molar-refractivity contribution is 0.219. The van der Waals surface area contributed by atoms with Crippen LogP contribution in [-0.4, -0.2) is 13.6 Å². The first kappa shape index (κ1) is 15.4. The van der Waals surface area contributed by atoms with Gasteiger partial charge in [0.05, 0.1) is 0 Å². The lowest BCUT2D eigenvalue weighted by Crippen LogP contribution is -2.31. The quantitative estimate of drug-likeness (QED) is 0.839. The predicted molar refractivity (Wildman–Crippen MR) is 78.8 cm³/mol. The van der Waals surface area contributed by atoms with E-state index < -0.39 is 0 Å². The fourth-order valence-corrected chi connectivity index (χ4v) is 3.68. The van der Waals surface area contributed by atoms with Crippen molar-refractivity contribution < 1.29 is 8.78 Å². The van der Waals surface area contributed by atoms with E-state index in [-0.39, 0.29) is 17.6 Å². The van der Waals surface area contributed by atoms with Crippen LogP contribution in [0.3, 0.4) is 0 Å². The molecule has 3 atom stereocenters. The molecule has 20 heavy (non-hydrogen) atoms. The molecule has 3 heteroatoms. The maximum absolute atomic E-state index is 14.1. The molecule has 2 rings (SSSR count). The molecule has 0 radical (unpaired) electrons. The van der Waals surface area contributed by atoms with Gasteiger partial charge in [-0.2, -0.15) is 0 Å². The Bertz CT molecular complexity index is 433. The largest absolute Gasteiger partial charge is 0.319 e.